The van der Waals surface area contributed by atoms with Crippen molar-refractivity contribution in [2.75, 3.05) is 19.7 Å². The predicted octanol–water partition coefficient (Wildman–Crippen LogP) is 1.43. The molecule has 0 radical (unpaired) electrons. The van der Waals surface area contributed by atoms with E-state index in [4.69, 9.17) is 9.84 Å². The number of pyridine rings is 1. The molecule has 1 unspecified atom stereocenters. The normalized spacial score (nSPS) is 18.9. The maximum absolute atomic E-state index is 12.6. The van der Waals surface area contributed by atoms with Gasteiger partial charge in [-0.2, -0.15) is 0 Å². The fraction of sp³-hybridized carbons (Fsp3) is 0.400. The Morgan fingerprint density at radius 2 is 2.38 bits per heavy atom. The summed E-state index contributed by atoms with van der Waals surface area (Å²) >= 11 is 0. The Hall–Kier alpha value is -2.21. The van der Waals surface area contributed by atoms with E-state index in [0.29, 0.717) is 25.3 Å². The molecule has 1 saturated heterocycles. The molecule has 1 atom stereocenters. The summed E-state index contributed by atoms with van der Waals surface area (Å²) in [6, 6.07) is 3.35. The fourth-order valence-electron chi connectivity index (χ4n) is 2.19. The van der Waals surface area contributed by atoms with Gasteiger partial charge in [-0.25, -0.2) is 4.79 Å². The number of ether oxygens (including phenoxy) is 1. The van der Waals surface area contributed by atoms with Crippen LogP contribution in [0, 0.1) is 0 Å². The minimum absolute atomic E-state index is 0.0458. The van der Waals surface area contributed by atoms with Crippen LogP contribution in [-0.2, 0) is 9.53 Å². The van der Waals surface area contributed by atoms with E-state index in [1.54, 1.807) is 17.0 Å². The first-order chi connectivity index (χ1) is 10.1. The average Bonchev–Trinajstić information content (AvgIpc) is 2.52. The Balaban J connectivity index is 2.20. The van der Waals surface area contributed by atoms with Crippen molar-refractivity contribution >= 4 is 18.0 Å². The van der Waals surface area contributed by atoms with Gasteiger partial charge in [0.15, 0.2) is 0 Å². The molecule has 1 aromatic rings. The van der Waals surface area contributed by atoms with Crippen molar-refractivity contribution < 1.29 is 19.4 Å². The molecule has 1 N–H and O–H groups in total. The lowest BCUT2D eigenvalue weighted by Gasteiger charge is -2.32. The van der Waals surface area contributed by atoms with Gasteiger partial charge in [0.1, 0.15) is 5.69 Å². The minimum atomic E-state index is -1.06. The van der Waals surface area contributed by atoms with Crippen LogP contribution in [0.5, 0.6) is 0 Å². The maximum atomic E-state index is 12.6. The van der Waals surface area contributed by atoms with E-state index in [9.17, 15) is 9.59 Å². The molecule has 6 nitrogen and oxygen atoms in total. The van der Waals surface area contributed by atoms with Gasteiger partial charge in [-0.15, -0.1) is 0 Å². The SMILES string of the molecule is CCC1CN(C(=O)c2ncccc2/C=C/C(=O)O)CCO1. The molecule has 0 saturated carbocycles. The third-order valence-electron chi connectivity index (χ3n) is 3.33. The van der Waals surface area contributed by atoms with Crippen molar-refractivity contribution in [3.8, 4) is 0 Å². The average molecular weight is 290 g/mol. The fourth-order valence-corrected chi connectivity index (χ4v) is 2.19. The van der Waals surface area contributed by atoms with Gasteiger partial charge < -0.3 is 14.7 Å². The largest absolute Gasteiger partial charge is 0.478 e. The van der Waals surface area contributed by atoms with E-state index in [0.717, 1.165) is 12.5 Å². The summed E-state index contributed by atoms with van der Waals surface area (Å²) in [4.78, 5) is 29.0. The quantitative estimate of drug-likeness (QED) is 0.849. The predicted molar refractivity (Wildman–Crippen MR) is 76.8 cm³/mol. The number of carboxylic acid groups (broad SMARTS) is 1. The smallest absolute Gasteiger partial charge is 0.328 e. The van der Waals surface area contributed by atoms with E-state index in [1.165, 1.54) is 12.3 Å². The van der Waals surface area contributed by atoms with Crippen LogP contribution in [0.25, 0.3) is 6.08 Å². The third-order valence-corrected chi connectivity index (χ3v) is 3.33. The molecule has 21 heavy (non-hydrogen) atoms. The minimum Gasteiger partial charge on any atom is -0.478 e. The highest BCUT2D eigenvalue weighted by Crippen LogP contribution is 2.15. The highest BCUT2D eigenvalue weighted by atomic mass is 16.5. The summed E-state index contributed by atoms with van der Waals surface area (Å²) in [5.41, 5.74) is 0.774. The van der Waals surface area contributed by atoms with E-state index >= 15 is 0 Å². The first kappa shape index (κ1) is 15.2. The number of nitrogens with zero attached hydrogens (tertiary/aromatic N) is 2. The lowest BCUT2D eigenvalue weighted by molar-refractivity contribution is -0.131. The molecule has 1 aliphatic heterocycles. The van der Waals surface area contributed by atoms with Crippen LogP contribution in [0.15, 0.2) is 24.4 Å². The van der Waals surface area contributed by atoms with Crippen molar-refractivity contribution in [1.29, 1.82) is 0 Å². The summed E-state index contributed by atoms with van der Waals surface area (Å²) in [6.07, 6.45) is 4.81. The van der Waals surface area contributed by atoms with E-state index in [-0.39, 0.29) is 17.7 Å². The van der Waals surface area contributed by atoms with Gasteiger partial charge in [0.05, 0.1) is 12.7 Å². The molecule has 0 aromatic carbocycles. The second-order valence-electron chi connectivity index (χ2n) is 4.77. The van der Waals surface area contributed by atoms with Gasteiger partial charge in [-0.3, -0.25) is 9.78 Å². The number of carboxylic acids is 1. The highest BCUT2D eigenvalue weighted by molar-refractivity contribution is 5.97. The molecule has 6 heteroatoms. The van der Waals surface area contributed by atoms with Gasteiger partial charge in [-0.1, -0.05) is 13.0 Å². The molecule has 2 rings (SSSR count). The molecule has 0 aliphatic carbocycles. The summed E-state index contributed by atoms with van der Waals surface area (Å²) in [6.45, 7) is 3.58. The molecule has 112 valence electrons. The van der Waals surface area contributed by atoms with Crippen LogP contribution < -0.4 is 0 Å². The molecule has 2 heterocycles. The monoisotopic (exact) mass is 290 g/mol. The lowest BCUT2D eigenvalue weighted by atomic mass is 10.1. The second kappa shape index (κ2) is 6.99. The number of hydrogen-bond donors (Lipinski definition) is 1. The highest BCUT2D eigenvalue weighted by Gasteiger charge is 2.25. The zero-order chi connectivity index (χ0) is 15.2. The molecule has 1 fully saturated rings. The van der Waals surface area contributed by atoms with E-state index < -0.39 is 5.97 Å². The van der Waals surface area contributed by atoms with Crippen molar-refractivity contribution in [3.63, 3.8) is 0 Å². The van der Waals surface area contributed by atoms with Crippen LogP contribution in [0.4, 0.5) is 0 Å². The summed E-state index contributed by atoms with van der Waals surface area (Å²) < 4.78 is 5.55. The molecule has 1 aliphatic rings. The Morgan fingerprint density at radius 1 is 1.57 bits per heavy atom. The van der Waals surface area contributed by atoms with Crippen LogP contribution in [0.2, 0.25) is 0 Å². The topological polar surface area (TPSA) is 79.7 Å². The van der Waals surface area contributed by atoms with Gasteiger partial charge in [0.25, 0.3) is 5.91 Å². The van der Waals surface area contributed by atoms with Crippen LogP contribution in [0.1, 0.15) is 29.4 Å². The Bertz CT molecular complexity index is 556. The second-order valence-corrected chi connectivity index (χ2v) is 4.77. The Morgan fingerprint density at radius 3 is 3.10 bits per heavy atom. The summed E-state index contributed by atoms with van der Waals surface area (Å²) in [7, 11) is 0. The van der Waals surface area contributed by atoms with Gasteiger partial charge >= 0.3 is 5.97 Å². The first-order valence-corrected chi connectivity index (χ1v) is 6.88. The maximum Gasteiger partial charge on any atom is 0.328 e. The van der Waals surface area contributed by atoms with E-state index in [1.807, 2.05) is 6.92 Å². The lowest BCUT2D eigenvalue weighted by Crippen LogP contribution is -2.45. The molecular formula is C15H18N2O4. The van der Waals surface area contributed by atoms with E-state index in [2.05, 4.69) is 4.98 Å². The van der Waals surface area contributed by atoms with Crippen LogP contribution in [-0.4, -0.2) is 52.7 Å². The first-order valence-electron chi connectivity index (χ1n) is 6.88. The van der Waals surface area contributed by atoms with Gasteiger partial charge in [0, 0.05) is 30.9 Å². The van der Waals surface area contributed by atoms with Crippen LogP contribution >= 0.6 is 0 Å². The summed E-state index contributed by atoms with van der Waals surface area (Å²) in [5.74, 6) is -1.25. The standard InChI is InChI=1S/C15H18N2O4/c1-2-12-10-17(8-9-21-12)15(20)14-11(4-3-7-16-14)5-6-13(18)19/h3-7,12H,2,8-10H2,1H3,(H,18,19)/b6-5+. The Labute approximate surface area is 123 Å². The van der Waals surface area contributed by atoms with Crippen molar-refractivity contribution in [3.05, 3.63) is 35.7 Å². The van der Waals surface area contributed by atoms with Gasteiger partial charge in [0.2, 0.25) is 0 Å². The summed E-state index contributed by atoms with van der Waals surface area (Å²) in [5, 5.41) is 8.70. The van der Waals surface area contributed by atoms with Gasteiger partial charge in [-0.05, 0) is 18.6 Å². The number of aliphatic carboxylic acids is 1. The molecule has 0 bridgehead atoms. The molecule has 1 amide bonds. The van der Waals surface area contributed by atoms with Crippen molar-refractivity contribution in [2.45, 2.75) is 19.4 Å². The Kier molecular flexibility index (Phi) is 5.05. The van der Waals surface area contributed by atoms with Crippen LogP contribution in [0.3, 0.4) is 0 Å². The van der Waals surface area contributed by atoms with Crippen molar-refractivity contribution in [1.82, 2.24) is 9.88 Å². The number of carbonyl (C=O) groups excluding carboxylic acids is 1. The number of carbonyl (C=O) groups is 2. The molecule has 0 spiro atoms. The number of rotatable bonds is 4. The molecule has 1 aromatic heterocycles. The zero-order valence-corrected chi connectivity index (χ0v) is 11.9. The number of aromatic nitrogens is 1. The number of morpholine rings is 1. The number of hydrogen-bond acceptors (Lipinski definition) is 4. The third kappa shape index (κ3) is 3.88. The zero-order valence-electron chi connectivity index (χ0n) is 11.9. The molecular weight excluding hydrogens is 272 g/mol. The number of amides is 1. The van der Waals surface area contributed by atoms with Crippen molar-refractivity contribution in [2.24, 2.45) is 0 Å².